The lowest BCUT2D eigenvalue weighted by Gasteiger charge is -2.27. The van der Waals surface area contributed by atoms with Crippen LogP contribution in [0.5, 0.6) is 0 Å². The van der Waals surface area contributed by atoms with Crippen molar-refractivity contribution in [1.29, 1.82) is 0 Å². The predicted octanol–water partition coefficient (Wildman–Crippen LogP) is 3.03. The van der Waals surface area contributed by atoms with Gasteiger partial charge in [-0.3, -0.25) is 4.79 Å². The molecular weight excluding hydrogens is 382 g/mol. The Kier molecular flexibility index (Phi) is 5.90. The molecule has 1 saturated heterocycles. The van der Waals surface area contributed by atoms with E-state index >= 15 is 0 Å². The van der Waals surface area contributed by atoms with Gasteiger partial charge in [-0.2, -0.15) is 0 Å². The highest BCUT2D eigenvalue weighted by Gasteiger charge is 2.22. The van der Waals surface area contributed by atoms with Gasteiger partial charge in [-0.15, -0.1) is 0 Å². The van der Waals surface area contributed by atoms with Gasteiger partial charge >= 0.3 is 0 Å². The minimum atomic E-state index is -0.472. The van der Waals surface area contributed by atoms with Crippen molar-refractivity contribution < 1.29 is 13.9 Å². The van der Waals surface area contributed by atoms with Gasteiger partial charge in [0.1, 0.15) is 5.82 Å². The van der Waals surface area contributed by atoms with E-state index < -0.39 is 11.7 Å². The molecule has 1 aliphatic rings. The maximum Gasteiger partial charge on any atom is 0.274 e. The molecule has 2 aromatic rings. The Morgan fingerprint density at radius 1 is 1.31 bits per heavy atom. The van der Waals surface area contributed by atoms with E-state index in [0.717, 1.165) is 0 Å². The van der Waals surface area contributed by atoms with Gasteiger partial charge in [-0.25, -0.2) is 14.4 Å². The van der Waals surface area contributed by atoms with E-state index in [0.29, 0.717) is 32.3 Å². The summed E-state index contributed by atoms with van der Waals surface area (Å²) in [5, 5.41) is 0.394. The normalized spacial score (nSPS) is 14.4. The third kappa shape index (κ3) is 4.06. The van der Waals surface area contributed by atoms with E-state index in [-0.39, 0.29) is 27.8 Å². The number of ether oxygens (including phenoxy) is 1. The molecule has 0 spiro atoms. The predicted molar refractivity (Wildman–Crippen MR) is 97.3 cm³/mol. The molecule has 0 N–H and O–H groups in total. The molecule has 0 radical (unpaired) electrons. The Morgan fingerprint density at radius 3 is 2.73 bits per heavy atom. The molecule has 0 saturated carbocycles. The van der Waals surface area contributed by atoms with Crippen molar-refractivity contribution in [3.8, 4) is 0 Å². The Morgan fingerprint density at radius 2 is 2.04 bits per heavy atom. The van der Waals surface area contributed by atoms with Gasteiger partial charge in [0.25, 0.3) is 5.91 Å². The zero-order valence-electron chi connectivity index (χ0n) is 14.1. The lowest BCUT2D eigenvalue weighted by Crippen LogP contribution is -2.38. The minimum absolute atomic E-state index is 0.00242. The summed E-state index contributed by atoms with van der Waals surface area (Å²) < 4.78 is 19.3. The number of rotatable bonds is 4. The zero-order chi connectivity index (χ0) is 18.7. The monoisotopic (exact) mass is 398 g/mol. The molecule has 0 bridgehead atoms. The van der Waals surface area contributed by atoms with Gasteiger partial charge in [0, 0.05) is 30.7 Å². The van der Waals surface area contributed by atoms with Gasteiger partial charge < -0.3 is 14.5 Å². The molecule has 1 aliphatic heterocycles. The SMILES string of the molecule is CN(Cc1c(F)cccc1Cl)C(=O)c1nc(N2CCOCC2)ncc1Cl. The number of carbonyl (C=O) groups is 1. The van der Waals surface area contributed by atoms with Crippen LogP contribution in [-0.2, 0) is 11.3 Å². The maximum absolute atomic E-state index is 14.0. The highest BCUT2D eigenvalue weighted by Crippen LogP contribution is 2.23. The van der Waals surface area contributed by atoms with E-state index in [1.54, 1.807) is 6.07 Å². The number of hydrogen-bond donors (Lipinski definition) is 0. The van der Waals surface area contributed by atoms with Crippen LogP contribution in [-0.4, -0.2) is 54.1 Å². The Bertz CT molecular complexity index is 795. The van der Waals surface area contributed by atoms with Crippen LogP contribution in [0.2, 0.25) is 10.0 Å². The summed E-state index contributed by atoms with van der Waals surface area (Å²) in [5.74, 6) is -0.496. The van der Waals surface area contributed by atoms with Crippen LogP contribution in [0.3, 0.4) is 0 Å². The number of anilines is 1. The molecule has 1 fully saturated rings. The fraction of sp³-hybridized carbons (Fsp3) is 0.353. The molecule has 26 heavy (non-hydrogen) atoms. The summed E-state index contributed by atoms with van der Waals surface area (Å²) in [6.45, 7) is 2.41. The highest BCUT2D eigenvalue weighted by molar-refractivity contribution is 6.33. The molecule has 0 unspecified atom stereocenters. The van der Waals surface area contributed by atoms with E-state index in [2.05, 4.69) is 9.97 Å². The van der Waals surface area contributed by atoms with Crippen molar-refractivity contribution in [3.63, 3.8) is 0 Å². The zero-order valence-corrected chi connectivity index (χ0v) is 15.6. The van der Waals surface area contributed by atoms with E-state index in [1.165, 1.54) is 30.3 Å². The summed E-state index contributed by atoms with van der Waals surface area (Å²) in [6.07, 6.45) is 1.40. The van der Waals surface area contributed by atoms with Crippen molar-refractivity contribution in [2.45, 2.75) is 6.54 Å². The maximum atomic E-state index is 14.0. The average molecular weight is 399 g/mol. The topological polar surface area (TPSA) is 58.6 Å². The average Bonchev–Trinajstić information content (AvgIpc) is 2.65. The summed E-state index contributed by atoms with van der Waals surface area (Å²) in [6, 6.07) is 4.39. The van der Waals surface area contributed by atoms with Crippen molar-refractivity contribution >= 4 is 35.1 Å². The first-order valence-corrected chi connectivity index (χ1v) is 8.76. The first kappa shape index (κ1) is 18.8. The molecule has 2 heterocycles. The Balaban J connectivity index is 1.82. The molecule has 9 heteroatoms. The first-order valence-electron chi connectivity index (χ1n) is 8.01. The standard InChI is InChI=1S/C17H17Cl2FN4O2/c1-23(10-11-12(18)3-2-4-14(11)20)16(25)15-13(19)9-21-17(22-15)24-5-7-26-8-6-24/h2-4,9H,5-8,10H2,1H3. The van der Waals surface area contributed by atoms with Crippen LogP contribution >= 0.6 is 23.2 Å². The van der Waals surface area contributed by atoms with Crippen molar-refractivity contribution in [2.75, 3.05) is 38.3 Å². The fourth-order valence-electron chi connectivity index (χ4n) is 2.60. The smallest absolute Gasteiger partial charge is 0.274 e. The lowest BCUT2D eigenvalue weighted by atomic mass is 10.2. The van der Waals surface area contributed by atoms with E-state index in [1.807, 2.05) is 4.90 Å². The van der Waals surface area contributed by atoms with Gasteiger partial charge in [-0.05, 0) is 12.1 Å². The second kappa shape index (κ2) is 8.16. The number of hydrogen-bond acceptors (Lipinski definition) is 5. The van der Waals surface area contributed by atoms with Crippen LogP contribution in [0.1, 0.15) is 16.1 Å². The van der Waals surface area contributed by atoms with Crippen molar-refractivity contribution in [3.05, 3.63) is 51.5 Å². The third-order valence-corrected chi connectivity index (χ3v) is 4.66. The second-order valence-corrected chi connectivity index (χ2v) is 6.64. The molecule has 3 rings (SSSR count). The summed E-state index contributed by atoms with van der Waals surface area (Å²) in [4.78, 5) is 24.5. The molecule has 138 valence electrons. The lowest BCUT2D eigenvalue weighted by molar-refractivity contribution is 0.0778. The Hall–Kier alpha value is -1.96. The summed E-state index contributed by atoms with van der Waals surface area (Å²) in [5.41, 5.74) is 0.307. The van der Waals surface area contributed by atoms with Crippen LogP contribution < -0.4 is 4.90 Å². The molecule has 0 atom stereocenters. The molecule has 6 nitrogen and oxygen atoms in total. The number of carbonyl (C=O) groups excluding carboxylic acids is 1. The number of amides is 1. The molecule has 1 amide bonds. The van der Waals surface area contributed by atoms with E-state index in [9.17, 15) is 9.18 Å². The second-order valence-electron chi connectivity index (χ2n) is 5.83. The first-order chi connectivity index (χ1) is 12.5. The number of nitrogens with zero attached hydrogens (tertiary/aromatic N) is 4. The number of halogens is 3. The van der Waals surface area contributed by atoms with Gasteiger partial charge in [0.2, 0.25) is 5.95 Å². The van der Waals surface area contributed by atoms with Crippen molar-refractivity contribution in [1.82, 2.24) is 14.9 Å². The number of benzene rings is 1. The Labute approximate surface area is 160 Å². The molecular formula is C17H17Cl2FN4O2. The highest BCUT2D eigenvalue weighted by atomic mass is 35.5. The van der Waals surface area contributed by atoms with Crippen LogP contribution in [0.4, 0.5) is 10.3 Å². The third-order valence-electron chi connectivity index (χ3n) is 4.03. The molecule has 1 aromatic heterocycles. The summed E-state index contributed by atoms with van der Waals surface area (Å²) >= 11 is 12.2. The van der Waals surface area contributed by atoms with Gasteiger partial charge in [0.15, 0.2) is 5.69 Å². The quantitative estimate of drug-likeness (QED) is 0.791. The van der Waals surface area contributed by atoms with Gasteiger partial charge in [0.05, 0.1) is 31.0 Å². The van der Waals surface area contributed by atoms with Crippen LogP contribution in [0.15, 0.2) is 24.4 Å². The fourth-order valence-corrected chi connectivity index (χ4v) is 2.99. The number of aromatic nitrogens is 2. The molecule has 1 aromatic carbocycles. The van der Waals surface area contributed by atoms with Crippen LogP contribution in [0.25, 0.3) is 0 Å². The summed E-state index contributed by atoms with van der Waals surface area (Å²) in [7, 11) is 1.54. The molecule has 0 aliphatic carbocycles. The van der Waals surface area contributed by atoms with Crippen LogP contribution in [0, 0.1) is 5.82 Å². The minimum Gasteiger partial charge on any atom is -0.378 e. The largest absolute Gasteiger partial charge is 0.378 e. The van der Waals surface area contributed by atoms with Crippen molar-refractivity contribution in [2.24, 2.45) is 0 Å². The number of morpholine rings is 1. The van der Waals surface area contributed by atoms with E-state index in [4.69, 9.17) is 27.9 Å². The van der Waals surface area contributed by atoms with Gasteiger partial charge in [-0.1, -0.05) is 29.3 Å².